The molecule has 1 N–H and O–H groups in total. The second kappa shape index (κ2) is 9.94. The maximum absolute atomic E-state index is 15.1. The van der Waals surface area contributed by atoms with Crippen LogP contribution in [0.15, 0.2) is 53.7 Å². The van der Waals surface area contributed by atoms with E-state index in [1.807, 2.05) is 5.32 Å². The third-order valence-corrected chi connectivity index (χ3v) is 7.01. The zero-order chi connectivity index (χ0) is 28.8. The number of allylic oxidation sites excluding steroid dienone is 1. The van der Waals surface area contributed by atoms with Gasteiger partial charge in [0.2, 0.25) is 5.54 Å². The van der Waals surface area contributed by atoms with Gasteiger partial charge in [-0.05, 0) is 36.1 Å². The number of carbonyl (C=O) groups is 3. The van der Waals surface area contributed by atoms with Gasteiger partial charge in [-0.1, -0.05) is 32.0 Å². The van der Waals surface area contributed by atoms with Gasteiger partial charge in [0.15, 0.2) is 17.3 Å². The number of nitrogens with one attached hydrogen (secondary N) is 1. The summed E-state index contributed by atoms with van der Waals surface area (Å²) in [5.74, 6) is -2.77. The van der Waals surface area contributed by atoms with E-state index in [0.29, 0.717) is 11.3 Å². The number of Topliss-reactive ketones (excluding diaryl/α,β-unsaturated/α-hetero) is 1. The highest BCUT2D eigenvalue weighted by atomic mass is 19.4. The molecule has 0 unspecified atom stereocenters. The first-order chi connectivity index (χ1) is 18.3. The van der Waals surface area contributed by atoms with Crippen LogP contribution >= 0.6 is 0 Å². The van der Waals surface area contributed by atoms with Crippen LogP contribution in [0.3, 0.4) is 0 Å². The predicted molar refractivity (Wildman–Crippen MR) is 134 cm³/mol. The Morgan fingerprint density at radius 2 is 1.59 bits per heavy atom. The van der Waals surface area contributed by atoms with Crippen molar-refractivity contribution < 1.29 is 41.8 Å². The normalized spacial score (nSPS) is 20.6. The van der Waals surface area contributed by atoms with Crippen molar-refractivity contribution in [2.24, 2.45) is 5.41 Å². The first-order valence-electron chi connectivity index (χ1n) is 12.1. The molecule has 4 rings (SSSR count). The molecule has 2 aliphatic rings. The monoisotopic (exact) mass is 546 g/mol. The predicted octanol–water partition coefficient (Wildman–Crippen LogP) is 4.43. The Kier molecular flexibility index (Phi) is 7.14. The number of alkyl halides is 3. The molecule has 0 spiro atoms. The van der Waals surface area contributed by atoms with Crippen molar-refractivity contribution in [1.29, 1.82) is 0 Å². The Hall–Kier alpha value is -4.02. The highest BCUT2D eigenvalue weighted by Crippen LogP contribution is 2.52. The van der Waals surface area contributed by atoms with E-state index in [4.69, 9.17) is 14.2 Å². The van der Waals surface area contributed by atoms with Crippen molar-refractivity contribution in [3.05, 3.63) is 64.9 Å². The fraction of sp³-hybridized carbons (Fsp3) is 0.393. The molecule has 208 valence electrons. The maximum atomic E-state index is 15.1. The Morgan fingerprint density at radius 3 is 2.21 bits per heavy atom. The lowest BCUT2D eigenvalue weighted by Gasteiger charge is -2.35. The second-order valence-electron chi connectivity index (χ2n) is 10.2. The number of halogens is 3. The fourth-order valence-corrected chi connectivity index (χ4v) is 5.22. The standard InChI is InChI=1S/C28H29F3N2O6/c1-26(2)13-18-23(19(34)14-26)27(28(29,30)31,25(36)33(18)15-17-8-6-7-9-20(17)37-3)32-24(35)16-10-11-21(38-4)22(12-16)39-5/h6-12H,13-15H2,1-5H3,(H,32,35)/t27-/m1/s1. The SMILES string of the molecule is COc1ccccc1CN1C(=O)[C@@](NC(=O)c2ccc(OC)c(OC)c2)(C(F)(F)F)C2=C1CC(C)(C)CC2=O. The van der Waals surface area contributed by atoms with Crippen LogP contribution in [-0.2, 0) is 16.1 Å². The second-order valence-corrected chi connectivity index (χ2v) is 10.2. The number of benzene rings is 2. The van der Waals surface area contributed by atoms with Gasteiger partial charge in [-0.25, -0.2) is 0 Å². The first-order valence-corrected chi connectivity index (χ1v) is 12.1. The molecule has 2 aromatic carbocycles. The molecule has 1 heterocycles. The summed E-state index contributed by atoms with van der Waals surface area (Å²) in [6.07, 6.45) is -5.52. The van der Waals surface area contributed by atoms with Crippen LogP contribution in [-0.4, -0.2) is 55.5 Å². The molecule has 39 heavy (non-hydrogen) atoms. The molecule has 2 aromatic rings. The quantitative estimate of drug-likeness (QED) is 0.553. The third kappa shape index (κ3) is 4.70. The minimum Gasteiger partial charge on any atom is -0.496 e. The van der Waals surface area contributed by atoms with Gasteiger partial charge < -0.3 is 24.4 Å². The van der Waals surface area contributed by atoms with Crippen LogP contribution in [0.4, 0.5) is 13.2 Å². The molecule has 1 aliphatic carbocycles. The molecule has 2 amide bonds. The summed E-state index contributed by atoms with van der Waals surface area (Å²) in [6.45, 7) is 3.21. The Balaban J connectivity index is 1.87. The molecule has 0 fully saturated rings. The van der Waals surface area contributed by atoms with Gasteiger partial charge in [0.25, 0.3) is 11.8 Å². The maximum Gasteiger partial charge on any atom is 0.425 e. The van der Waals surface area contributed by atoms with Gasteiger partial charge in [0.1, 0.15) is 5.75 Å². The zero-order valence-corrected chi connectivity index (χ0v) is 22.2. The summed E-state index contributed by atoms with van der Waals surface area (Å²) >= 11 is 0. The van der Waals surface area contributed by atoms with Crippen LogP contribution < -0.4 is 19.5 Å². The first kappa shape index (κ1) is 28.0. The minimum atomic E-state index is -5.33. The van der Waals surface area contributed by atoms with Gasteiger partial charge in [0.05, 0.1) is 33.4 Å². The molecule has 8 nitrogen and oxygen atoms in total. The topological polar surface area (TPSA) is 94.2 Å². The molecule has 0 aromatic heterocycles. The van der Waals surface area contributed by atoms with Crippen molar-refractivity contribution >= 4 is 17.6 Å². The van der Waals surface area contributed by atoms with E-state index in [2.05, 4.69) is 0 Å². The third-order valence-electron chi connectivity index (χ3n) is 7.01. The lowest BCUT2D eigenvalue weighted by molar-refractivity contribution is -0.190. The molecule has 0 bridgehead atoms. The number of carbonyl (C=O) groups excluding carboxylic acids is 3. The number of ketones is 1. The van der Waals surface area contributed by atoms with Gasteiger partial charge >= 0.3 is 6.18 Å². The Morgan fingerprint density at radius 1 is 0.949 bits per heavy atom. The molecule has 0 radical (unpaired) electrons. The average Bonchev–Trinajstić information content (AvgIpc) is 3.11. The van der Waals surface area contributed by atoms with Gasteiger partial charge in [-0.3, -0.25) is 14.4 Å². The van der Waals surface area contributed by atoms with Crippen LogP contribution in [0.1, 0.15) is 42.6 Å². The molecule has 1 aliphatic heterocycles. The van der Waals surface area contributed by atoms with E-state index in [0.717, 1.165) is 4.90 Å². The Bertz CT molecular complexity index is 1370. The average molecular weight is 547 g/mol. The van der Waals surface area contributed by atoms with E-state index in [1.54, 1.807) is 38.1 Å². The number of ether oxygens (including phenoxy) is 3. The highest BCUT2D eigenvalue weighted by Gasteiger charge is 2.71. The number of nitrogens with zero attached hydrogens (tertiary/aromatic N) is 1. The van der Waals surface area contributed by atoms with Crippen LogP contribution in [0.2, 0.25) is 0 Å². The molecule has 0 saturated heterocycles. The Labute approximate surface area is 223 Å². The molecule has 11 heteroatoms. The number of methoxy groups -OCH3 is 3. The smallest absolute Gasteiger partial charge is 0.425 e. The summed E-state index contributed by atoms with van der Waals surface area (Å²) in [5.41, 5.74) is -4.84. The van der Waals surface area contributed by atoms with E-state index >= 15 is 13.2 Å². The van der Waals surface area contributed by atoms with Crippen LogP contribution in [0.5, 0.6) is 17.2 Å². The molecule has 0 saturated carbocycles. The van der Waals surface area contributed by atoms with Gasteiger partial charge in [-0.15, -0.1) is 0 Å². The largest absolute Gasteiger partial charge is 0.496 e. The fourth-order valence-electron chi connectivity index (χ4n) is 5.22. The van der Waals surface area contributed by atoms with E-state index in [-0.39, 0.29) is 42.1 Å². The lowest BCUT2D eigenvalue weighted by Crippen LogP contribution is -2.66. The summed E-state index contributed by atoms with van der Waals surface area (Å²) in [7, 11) is 4.09. The van der Waals surface area contributed by atoms with Crippen molar-refractivity contribution in [1.82, 2.24) is 10.2 Å². The summed E-state index contributed by atoms with van der Waals surface area (Å²) in [5, 5.41) is 1.93. The summed E-state index contributed by atoms with van der Waals surface area (Å²) in [6, 6.07) is 10.4. The number of rotatable bonds is 7. The number of hydrogen-bond donors (Lipinski definition) is 1. The van der Waals surface area contributed by atoms with Gasteiger partial charge in [0, 0.05) is 23.2 Å². The minimum absolute atomic E-state index is 0.0268. The summed E-state index contributed by atoms with van der Waals surface area (Å²) < 4.78 is 60.9. The molecule has 1 atom stereocenters. The van der Waals surface area contributed by atoms with Crippen molar-refractivity contribution in [3.63, 3.8) is 0 Å². The van der Waals surface area contributed by atoms with E-state index < -0.39 is 40.3 Å². The van der Waals surface area contributed by atoms with Crippen LogP contribution in [0.25, 0.3) is 0 Å². The van der Waals surface area contributed by atoms with E-state index in [9.17, 15) is 14.4 Å². The van der Waals surface area contributed by atoms with Crippen LogP contribution in [0, 0.1) is 5.41 Å². The van der Waals surface area contributed by atoms with E-state index in [1.165, 1.54) is 39.5 Å². The van der Waals surface area contributed by atoms with Crippen molar-refractivity contribution in [3.8, 4) is 17.2 Å². The lowest BCUT2D eigenvalue weighted by atomic mass is 9.72. The van der Waals surface area contributed by atoms with Crippen molar-refractivity contribution in [2.75, 3.05) is 21.3 Å². The van der Waals surface area contributed by atoms with Crippen molar-refractivity contribution in [2.45, 2.75) is 44.9 Å². The number of hydrogen-bond acceptors (Lipinski definition) is 6. The number of para-hydroxylation sites is 1. The number of amides is 2. The van der Waals surface area contributed by atoms with Gasteiger partial charge in [-0.2, -0.15) is 13.2 Å². The molecular formula is C28H29F3N2O6. The summed E-state index contributed by atoms with van der Waals surface area (Å²) in [4.78, 5) is 41.5. The molecular weight excluding hydrogens is 517 g/mol. The highest BCUT2D eigenvalue weighted by molar-refractivity contribution is 6.14. The zero-order valence-electron chi connectivity index (χ0n) is 22.2.